The predicted molar refractivity (Wildman–Crippen MR) is 103 cm³/mol. The maximum atomic E-state index is 5.47. The third-order valence-corrected chi connectivity index (χ3v) is 3.86. The van der Waals surface area contributed by atoms with Gasteiger partial charge in [0.25, 0.3) is 0 Å². The summed E-state index contributed by atoms with van der Waals surface area (Å²) in [5, 5.41) is 6.87. The van der Waals surface area contributed by atoms with Crippen LogP contribution in [0.15, 0.2) is 30.3 Å². The minimum Gasteiger partial charge on any atom is -0.378 e. The first-order chi connectivity index (χ1) is 11.9. The lowest BCUT2D eigenvalue weighted by Crippen LogP contribution is -2.36. The second-order valence-corrected chi connectivity index (χ2v) is 7.30. The van der Waals surface area contributed by atoms with Crippen molar-refractivity contribution >= 4 is 23.0 Å². The van der Waals surface area contributed by atoms with Crippen LogP contribution < -0.4 is 15.5 Å². The zero-order valence-electron chi connectivity index (χ0n) is 15.5. The van der Waals surface area contributed by atoms with Crippen LogP contribution in [0.4, 0.5) is 23.0 Å². The summed E-state index contributed by atoms with van der Waals surface area (Å²) in [5.74, 6) is 2.35. The zero-order valence-corrected chi connectivity index (χ0v) is 15.5. The van der Waals surface area contributed by atoms with Crippen molar-refractivity contribution < 1.29 is 4.74 Å². The SMILES string of the molecule is Cc1nc(Nc2ccccc2N2CCOCC2)cc(NC(C)(C)C)n1. The van der Waals surface area contributed by atoms with E-state index in [0.29, 0.717) is 0 Å². The van der Waals surface area contributed by atoms with Gasteiger partial charge in [0.05, 0.1) is 24.6 Å². The normalized spacial score (nSPS) is 15.1. The Morgan fingerprint density at radius 1 is 1.04 bits per heavy atom. The molecule has 0 radical (unpaired) electrons. The second kappa shape index (κ2) is 7.27. The molecule has 2 heterocycles. The molecule has 0 unspecified atom stereocenters. The van der Waals surface area contributed by atoms with Crippen molar-refractivity contribution in [2.24, 2.45) is 0 Å². The Kier molecular flexibility index (Phi) is 5.08. The number of anilines is 4. The minimum atomic E-state index is -0.0518. The molecular weight excluding hydrogens is 314 g/mol. The van der Waals surface area contributed by atoms with E-state index in [4.69, 9.17) is 4.74 Å². The molecule has 1 saturated heterocycles. The summed E-state index contributed by atoms with van der Waals surface area (Å²) in [6.45, 7) is 11.6. The number of aryl methyl sites for hydroxylation is 1. The van der Waals surface area contributed by atoms with E-state index < -0.39 is 0 Å². The molecule has 0 spiro atoms. The van der Waals surface area contributed by atoms with Crippen LogP contribution in [0.1, 0.15) is 26.6 Å². The summed E-state index contributed by atoms with van der Waals surface area (Å²) < 4.78 is 5.47. The lowest BCUT2D eigenvalue weighted by Gasteiger charge is -2.30. The van der Waals surface area contributed by atoms with Crippen molar-refractivity contribution in [1.29, 1.82) is 0 Å². The van der Waals surface area contributed by atoms with E-state index in [-0.39, 0.29) is 5.54 Å². The van der Waals surface area contributed by atoms with Crippen molar-refractivity contribution in [3.05, 3.63) is 36.2 Å². The molecule has 0 amide bonds. The smallest absolute Gasteiger partial charge is 0.136 e. The van der Waals surface area contributed by atoms with Gasteiger partial charge in [-0.1, -0.05) is 12.1 Å². The van der Waals surface area contributed by atoms with Crippen molar-refractivity contribution in [3.8, 4) is 0 Å². The number of morpholine rings is 1. The molecule has 0 saturated carbocycles. The van der Waals surface area contributed by atoms with Crippen LogP contribution in [0.3, 0.4) is 0 Å². The molecule has 0 aliphatic carbocycles. The molecule has 6 heteroatoms. The van der Waals surface area contributed by atoms with Crippen molar-refractivity contribution in [1.82, 2.24) is 9.97 Å². The van der Waals surface area contributed by atoms with E-state index in [1.807, 2.05) is 19.1 Å². The summed E-state index contributed by atoms with van der Waals surface area (Å²) in [6.07, 6.45) is 0. The summed E-state index contributed by atoms with van der Waals surface area (Å²) in [4.78, 5) is 11.4. The third kappa shape index (κ3) is 4.82. The van der Waals surface area contributed by atoms with Crippen LogP contribution in [-0.2, 0) is 4.74 Å². The standard InChI is InChI=1S/C19H27N5O/c1-14-20-17(13-18(21-14)23-19(2,3)4)22-15-7-5-6-8-16(15)24-9-11-25-12-10-24/h5-8,13H,9-12H2,1-4H3,(H2,20,21,22,23). The predicted octanol–water partition coefficient (Wildman–Crippen LogP) is 3.58. The van der Waals surface area contributed by atoms with Crippen LogP contribution >= 0.6 is 0 Å². The highest BCUT2D eigenvalue weighted by atomic mass is 16.5. The molecule has 2 N–H and O–H groups in total. The molecule has 0 bridgehead atoms. The van der Waals surface area contributed by atoms with Crippen LogP contribution in [0.2, 0.25) is 0 Å². The highest BCUT2D eigenvalue weighted by molar-refractivity contribution is 5.75. The first kappa shape index (κ1) is 17.5. The fraction of sp³-hybridized carbons (Fsp3) is 0.474. The number of rotatable bonds is 4. The van der Waals surface area contributed by atoms with Crippen LogP contribution in [0, 0.1) is 6.92 Å². The van der Waals surface area contributed by atoms with Crippen LogP contribution in [-0.4, -0.2) is 41.8 Å². The molecule has 1 aliphatic heterocycles. The monoisotopic (exact) mass is 341 g/mol. The van der Waals surface area contributed by atoms with E-state index >= 15 is 0 Å². The Balaban J connectivity index is 1.85. The summed E-state index contributed by atoms with van der Waals surface area (Å²) in [7, 11) is 0. The minimum absolute atomic E-state index is 0.0518. The third-order valence-electron chi connectivity index (χ3n) is 3.86. The number of ether oxygens (including phenoxy) is 1. The van der Waals surface area contributed by atoms with Gasteiger partial charge >= 0.3 is 0 Å². The van der Waals surface area contributed by atoms with Gasteiger partial charge < -0.3 is 20.3 Å². The topological polar surface area (TPSA) is 62.3 Å². The lowest BCUT2D eigenvalue weighted by molar-refractivity contribution is 0.123. The average Bonchev–Trinajstić information content (AvgIpc) is 2.54. The summed E-state index contributed by atoms with van der Waals surface area (Å²) in [5.41, 5.74) is 2.17. The molecule has 3 rings (SSSR count). The molecule has 2 aromatic rings. The maximum Gasteiger partial charge on any atom is 0.136 e. The van der Waals surface area contributed by atoms with Gasteiger partial charge in [0.1, 0.15) is 17.5 Å². The maximum absolute atomic E-state index is 5.47. The Morgan fingerprint density at radius 2 is 1.72 bits per heavy atom. The Morgan fingerprint density at radius 3 is 2.44 bits per heavy atom. The van der Waals surface area contributed by atoms with E-state index in [2.05, 4.69) is 64.5 Å². The summed E-state index contributed by atoms with van der Waals surface area (Å²) in [6, 6.07) is 10.3. The number of para-hydroxylation sites is 2. The molecule has 1 aromatic heterocycles. The van der Waals surface area contributed by atoms with Crippen molar-refractivity contribution in [2.45, 2.75) is 33.2 Å². The van der Waals surface area contributed by atoms with Crippen LogP contribution in [0.5, 0.6) is 0 Å². The second-order valence-electron chi connectivity index (χ2n) is 7.30. The number of hydrogen-bond acceptors (Lipinski definition) is 6. The van der Waals surface area contributed by atoms with Crippen molar-refractivity contribution in [3.63, 3.8) is 0 Å². The fourth-order valence-corrected chi connectivity index (χ4v) is 2.88. The molecule has 1 fully saturated rings. The Hall–Kier alpha value is -2.34. The molecule has 1 aliphatic rings. The summed E-state index contributed by atoms with van der Waals surface area (Å²) >= 11 is 0. The van der Waals surface area contributed by atoms with Gasteiger partial charge in [-0.2, -0.15) is 0 Å². The van der Waals surface area contributed by atoms with E-state index in [0.717, 1.165) is 49.5 Å². The zero-order chi connectivity index (χ0) is 17.9. The Bertz CT molecular complexity index is 720. The van der Waals surface area contributed by atoms with Gasteiger partial charge in [0.2, 0.25) is 0 Å². The first-order valence-corrected chi connectivity index (χ1v) is 8.73. The highest BCUT2D eigenvalue weighted by Gasteiger charge is 2.16. The van der Waals surface area contributed by atoms with E-state index in [1.165, 1.54) is 5.69 Å². The van der Waals surface area contributed by atoms with Gasteiger partial charge in [-0.3, -0.25) is 0 Å². The Labute approximate surface area is 149 Å². The van der Waals surface area contributed by atoms with Gasteiger partial charge in [0.15, 0.2) is 0 Å². The van der Waals surface area contributed by atoms with Crippen LogP contribution in [0.25, 0.3) is 0 Å². The molecule has 1 aromatic carbocycles. The van der Waals surface area contributed by atoms with E-state index in [9.17, 15) is 0 Å². The first-order valence-electron chi connectivity index (χ1n) is 8.73. The number of nitrogens with one attached hydrogen (secondary N) is 2. The van der Waals surface area contributed by atoms with E-state index in [1.54, 1.807) is 0 Å². The van der Waals surface area contributed by atoms with Crippen molar-refractivity contribution in [2.75, 3.05) is 41.8 Å². The highest BCUT2D eigenvalue weighted by Crippen LogP contribution is 2.29. The van der Waals surface area contributed by atoms with Gasteiger partial charge in [-0.25, -0.2) is 9.97 Å². The largest absolute Gasteiger partial charge is 0.378 e. The lowest BCUT2D eigenvalue weighted by atomic mass is 10.1. The quantitative estimate of drug-likeness (QED) is 0.886. The molecule has 0 atom stereocenters. The average molecular weight is 341 g/mol. The number of hydrogen-bond donors (Lipinski definition) is 2. The molecule has 6 nitrogen and oxygen atoms in total. The fourth-order valence-electron chi connectivity index (χ4n) is 2.88. The number of nitrogens with zero attached hydrogens (tertiary/aromatic N) is 3. The number of aromatic nitrogens is 2. The van der Waals surface area contributed by atoms with Gasteiger partial charge in [-0.05, 0) is 39.8 Å². The molecular formula is C19H27N5O. The van der Waals surface area contributed by atoms with Gasteiger partial charge in [0, 0.05) is 24.7 Å². The number of benzene rings is 1. The molecule has 25 heavy (non-hydrogen) atoms. The molecule has 134 valence electrons. The van der Waals surface area contributed by atoms with Gasteiger partial charge in [-0.15, -0.1) is 0 Å².